The molecule has 15 heavy (non-hydrogen) atoms. The third-order valence-corrected chi connectivity index (χ3v) is 2.47. The summed E-state index contributed by atoms with van der Waals surface area (Å²) in [5, 5.41) is 5.91. The Morgan fingerprint density at radius 2 is 2.47 bits per heavy atom. The topological polar surface area (TPSA) is 80.0 Å². The standard InChI is InChI=1S/C10H14N4O/c11-8-1-2-9(13-6-8)14-10(15)7-3-4-12-5-7/h1-2,6-7,12H,3-5,11H2,(H,13,14,15). The number of rotatable bonds is 2. The Kier molecular flexibility index (Phi) is 2.82. The molecule has 1 saturated heterocycles. The molecule has 80 valence electrons. The summed E-state index contributed by atoms with van der Waals surface area (Å²) in [6, 6.07) is 3.42. The van der Waals surface area contributed by atoms with Crippen molar-refractivity contribution in [2.75, 3.05) is 24.1 Å². The van der Waals surface area contributed by atoms with Gasteiger partial charge in [-0.3, -0.25) is 4.79 Å². The molecule has 1 aromatic rings. The molecule has 0 bridgehead atoms. The molecule has 5 heteroatoms. The highest BCUT2D eigenvalue weighted by atomic mass is 16.2. The minimum atomic E-state index is 0.0253. The third kappa shape index (κ3) is 2.44. The molecule has 1 aliphatic rings. The molecule has 0 saturated carbocycles. The van der Waals surface area contributed by atoms with E-state index in [9.17, 15) is 4.79 Å². The van der Waals surface area contributed by atoms with Crippen LogP contribution in [0.3, 0.4) is 0 Å². The average Bonchev–Trinajstić information content (AvgIpc) is 2.74. The molecule has 0 aromatic carbocycles. The van der Waals surface area contributed by atoms with Gasteiger partial charge in [-0.25, -0.2) is 4.98 Å². The third-order valence-electron chi connectivity index (χ3n) is 2.47. The summed E-state index contributed by atoms with van der Waals surface area (Å²) >= 11 is 0. The van der Waals surface area contributed by atoms with Crippen molar-refractivity contribution in [3.05, 3.63) is 18.3 Å². The molecule has 1 unspecified atom stereocenters. The van der Waals surface area contributed by atoms with Crippen molar-refractivity contribution < 1.29 is 4.79 Å². The Hall–Kier alpha value is -1.62. The molecule has 0 spiro atoms. The number of carbonyl (C=O) groups excluding carboxylic acids is 1. The van der Waals surface area contributed by atoms with Crippen molar-refractivity contribution in [2.45, 2.75) is 6.42 Å². The summed E-state index contributed by atoms with van der Waals surface area (Å²) < 4.78 is 0. The van der Waals surface area contributed by atoms with Gasteiger partial charge in [0.2, 0.25) is 5.91 Å². The number of nitrogen functional groups attached to an aromatic ring is 1. The van der Waals surface area contributed by atoms with Crippen LogP contribution in [-0.2, 0) is 4.79 Å². The maximum absolute atomic E-state index is 11.7. The van der Waals surface area contributed by atoms with Crippen molar-refractivity contribution in [1.29, 1.82) is 0 Å². The number of anilines is 2. The Balaban J connectivity index is 1.96. The lowest BCUT2D eigenvalue weighted by atomic mass is 10.1. The van der Waals surface area contributed by atoms with Crippen LogP contribution in [0.5, 0.6) is 0 Å². The predicted molar refractivity (Wildman–Crippen MR) is 58.3 cm³/mol. The first-order chi connectivity index (χ1) is 7.25. The first-order valence-corrected chi connectivity index (χ1v) is 4.99. The van der Waals surface area contributed by atoms with Crippen LogP contribution >= 0.6 is 0 Å². The molecule has 2 heterocycles. The number of carbonyl (C=O) groups is 1. The van der Waals surface area contributed by atoms with Crippen LogP contribution in [-0.4, -0.2) is 24.0 Å². The van der Waals surface area contributed by atoms with Gasteiger partial charge in [-0.15, -0.1) is 0 Å². The smallest absolute Gasteiger partial charge is 0.229 e. The average molecular weight is 206 g/mol. The minimum absolute atomic E-state index is 0.0253. The zero-order chi connectivity index (χ0) is 10.7. The van der Waals surface area contributed by atoms with Crippen LogP contribution in [0.1, 0.15) is 6.42 Å². The van der Waals surface area contributed by atoms with Crippen LogP contribution in [0, 0.1) is 5.92 Å². The number of hydrogen-bond donors (Lipinski definition) is 3. The first-order valence-electron chi connectivity index (χ1n) is 4.99. The lowest BCUT2D eigenvalue weighted by Gasteiger charge is -2.08. The molecule has 1 aromatic heterocycles. The molecule has 1 fully saturated rings. The number of nitrogens with zero attached hydrogens (tertiary/aromatic N) is 1. The number of aromatic nitrogens is 1. The summed E-state index contributed by atoms with van der Waals surface area (Å²) in [4.78, 5) is 15.7. The van der Waals surface area contributed by atoms with Gasteiger partial charge in [0.25, 0.3) is 0 Å². The lowest BCUT2D eigenvalue weighted by Crippen LogP contribution is -2.25. The van der Waals surface area contributed by atoms with Gasteiger partial charge in [0, 0.05) is 6.54 Å². The molecule has 1 atom stereocenters. The van der Waals surface area contributed by atoms with Crippen molar-refractivity contribution in [1.82, 2.24) is 10.3 Å². The molecule has 1 aliphatic heterocycles. The molecule has 4 N–H and O–H groups in total. The highest BCUT2D eigenvalue weighted by Crippen LogP contribution is 2.12. The van der Waals surface area contributed by atoms with Crippen LogP contribution in [0.25, 0.3) is 0 Å². The molecular weight excluding hydrogens is 192 g/mol. The van der Waals surface area contributed by atoms with E-state index >= 15 is 0 Å². The van der Waals surface area contributed by atoms with E-state index in [2.05, 4.69) is 15.6 Å². The maximum Gasteiger partial charge on any atom is 0.229 e. The molecule has 0 aliphatic carbocycles. The van der Waals surface area contributed by atoms with Gasteiger partial charge in [0.1, 0.15) is 5.82 Å². The quantitative estimate of drug-likeness (QED) is 0.646. The van der Waals surface area contributed by atoms with Crippen molar-refractivity contribution in [2.24, 2.45) is 5.92 Å². The largest absolute Gasteiger partial charge is 0.397 e. The molecular formula is C10H14N4O. The van der Waals surface area contributed by atoms with Gasteiger partial charge in [-0.05, 0) is 25.1 Å². The second-order valence-electron chi connectivity index (χ2n) is 3.66. The van der Waals surface area contributed by atoms with Gasteiger partial charge < -0.3 is 16.4 Å². The second kappa shape index (κ2) is 4.27. The molecule has 0 radical (unpaired) electrons. The fourth-order valence-corrected chi connectivity index (χ4v) is 1.59. The van der Waals surface area contributed by atoms with Crippen molar-refractivity contribution in [3.8, 4) is 0 Å². The first kappa shape index (κ1) is 9.92. The second-order valence-corrected chi connectivity index (χ2v) is 3.66. The molecule has 5 nitrogen and oxygen atoms in total. The monoisotopic (exact) mass is 206 g/mol. The number of pyridine rings is 1. The summed E-state index contributed by atoms with van der Waals surface area (Å²) in [5.41, 5.74) is 6.09. The normalized spacial score (nSPS) is 20.1. The zero-order valence-electron chi connectivity index (χ0n) is 8.36. The Morgan fingerprint density at radius 1 is 1.60 bits per heavy atom. The summed E-state index contributed by atoms with van der Waals surface area (Å²) in [6.07, 6.45) is 2.42. The Morgan fingerprint density at radius 3 is 3.07 bits per heavy atom. The summed E-state index contributed by atoms with van der Waals surface area (Å²) in [7, 11) is 0. The highest BCUT2D eigenvalue weighted by molar-refractivity contribution is 5.92. The summed E-state index contributed by atoms with van der Waals surface area (Å²) in [6.45, 7) is 1.66. The van der Waals surface area contributed by atoms with Gasteiger partial charge in [0.05, 0.1) is 17.8 Å². The fraction of sp³-hybridized carbons (Fsp3) is 0.400. The lowest BCUT2D eigenvalue weighted by molar-refractivity contribution is -0.119. The van der Waals surface area contributed by atoms with Gasteiger partial charge >= 0.3 is 0 Å². The van der Waals surface area contributed by atoms with E-state index < -0.39 is 0 Å². The Labute approximate surface area is 88.1 Å². The Bertz CT molecular complexity index is 343. The van der Waals surface area contributed by atoms with Gasteiger partial charge in [0.15, 0.2) is 0 Å². The number of nitrogens with two attached hydrogens (primary N) is 1. The van der Waals surface area contributed by atoms with Gasteiger partial charge in [-0.1, -0.05) is 0 Å². The molecule has 2 rings (SSSR count). The van der Waals surface area contributed by atoms with Crippen LogP contribution in [0.4, 0.5) is 11.5 Å². The van der Waals surface area contributed by atoms with E-state index in [1.165, 1.54) is 6.20 Å². The fourth-order valence-electron chi connectivity index (χ4n) is 1.59. The van der Waals surface area contributed by atoms with Crippen molar-refractivity contribution >= 4 is 17.4 Å². The van der Waals surface area contributed by atoms with Crippen LogP contribution in [0.2, 0.25) is 0 Å². The highest BCUT2D eigenvalue weighted by Gasteiger charge is 2.22. The van der Waals surface area contributed by atoms with E-state index in [4.69, 9.17) is 5.73 Å². The van der Waals surface area contributed by atoms with Gasteiger partial charge in [-0.2, -0.15) is 0 Å². The van der Waals surface area contributed by atoms with Crippen LogP contribution in [0.15, 0.2) is 18.3 Å². The van der Waals surface area contributed by atoms with Crippen LogP contribution < -0.4 is 16.4 Å². The van der Waals surface area contributed by atoms with E-state index in [-0.39, 0.29) is 11.8 Å². The van der Waals surface area contributed by atoms with E-state index in [1.54, 1.807) is 12.1 Å². The minimum Gasteiger partial charge on any atom is -0.397 e. The number of amides is 1. The summed E-state index contributed by atoms with van der Waals surface area (Å²) in [5.74, 6) is 0.641. The number of nitrogens with one attached hydrogen (secondary N) is 2. The van der Waals surface area contributed by atoms with E-state index in [1.807, 2.05) is 0 Å². The maximum atomic E-state index is 11.7. The molecule has 1 amide bonds. The zero-order valence-corrected chi connectivity index (χ0v) is 8.36. The number of hydrogen-bond acceptors (Lipinski definition) is 4. The SMILES string of the molecule is Nc1ccc(NC(=O)C2CCNC2)nc1. The van der Waals surface area contributed by atoms with E-state index in [0.717, 1.165) is 19.5 Å². The predicted octanol–water partition coefficient (Wildman–Crippen LogP) is 0.212. The van der Waals surface area contributed by atoms with E-state index in [0.29, 0.717) is 11.5 Å². The van der Waals surface area contributed by atoms with Crippen molar-refractivity contribution in [3.63, 3.8) is 0 Å².